The minimum Gasteiger partial charge on any atom is -0.461 e. The highest BCUT2D eigenvalue weighted by atomic mass is 32.1. The van der Waals surface area contributed by atoms with E-state index >= 15 is 0 Å². The molecule has 5 heteroatoms. The van der Waals surface area contributed by atoms with Crippen molar-refractivity contribution >= 4 is 17.3 Å². The van der Waals surface area contributed by atoms with Crippen molar-refractivity contribution in [1.29, 1.82) is 0 Å². The predicted octanol–water partition coefficient (Wildman–Crippen LogP) is 2.56. The summed E-state index contributed by atoms with van der Waals surface area (Å²) in [5.41, 5.74) is 0. The van der Waals surface area contributed by atoms with Gasteiger partial charge in [0.05, 0.1) is 6.61 Å². The van der Waals surface area contributed by atoms with E-state index in [9.17, 15) is 4.79 Å². The predicted molar refractivity (Wildman–Crippen MR) is 55.3 cm³/mol. The van der Waals surface area contributed by atoms with Gasteiger partial charge >= 0.3 is 5.97 Å². The summed E-state index contributed by atoms with van der Waals surface area (Å²) in [5, 5.41) is 1.70. The van der Waals surface area contributed by atoms with Crippen LogP contribution in [0.25, 0.3) is 0 Å². The average Bonchev–Trinajstić information content (AvgIpc) is 2.72. The molecule has 4 nitrogen and oxygen atoms in total. The smallest absolute Gasteiger partial charge is 0.352 e. The van der Waals surface area contributed by atoms with E-state index in [1.165, 1.54) is 11.3 Å². The summed E-state index contributed by atoms with van der Waals surface area (Å²) in [5.74, 6) is 0.776. The molecule has 0 spiro atoms. The second kappa shape index (κ2) is 3.94. The number of thiophene rings is 1. The first-order chi connectivity index (χ1) is 7.22. The Bertz CT molecular complexity index is 408. The van der Waals surface area contributed by atoms with Gasteiger partial charge in [-0.05, 0) is 13.0 Å². The molecule has 0 amide bonds. The first-order valence-electron chi connectivity index (χ1n) is 4.55. The molecule has 2 heterocycles. The molecule has 2 rings (SSSR count). The van der Waals surface area contributed by atoms with Crippen LogP contribution in [0.1, 0.15) is 23.0 Å². The van der Waals surface area contributed by atoms with Crippen molar-refractivity contribution in [2.45, 2.75) is 13.3 Å². The Morgan fingerprint density at radius 2 is 2.40 bits per heavy atom. The molecule has 0 radical (unpaired) electrons. The quantitative estimate of drug-likeness (QED) is 0.743. The molecule has 15 heavy (non-hydrogen) atoms. The highest BCUT2D eigenvalue weighted by Crippen LogP contribution is 2.43. The molecule has 0 saturated carbocycles. The lowest BCUT2D eigenvalue weighted by Crippen LogP contribution is -2.04. The standard InChI is InChI=1S/C10H10O4S/c1-3-4-12-10(11)9-8-7(5-15-9)13-6(2)14-8/h5H,2-4H2,1H3. The zero-order chi connectivity index (χ0) is 10.8. The van der Waals surface area contributed by atoms with Crippen molar-refractivity contribution in [1.82, 2.24) is 0 Å². The van der Waals surface area contributed by atoms with Crippen molar-refractivity contribution in [3.63, 3.8) is 0 Å². The lowest BCUT2D eigenvalue weighted by Gasteiger charge is -2.01. The SMILES string of the molecule is C=C1Oc2csc(C(=O)OCCC)c2O1. The fourth-order valence-electron chi connectivity index (χ4n) is 1.16. The van der Waals surface area contributed by atoms with Gasteiger partial charge in [0, 0.05) is 5.38 Å². The van der Waals surface area contributed by atoms with Gasteiger partial charge in [0.1, 0.15) is 0 Å². The second-order valence-electron chi connectivity index (χ2n) is 2.97. The van der Waals surface area contributed by atoms with Gasteiger partial charge in [-0.1, -0.05) is 6.92 Å². The zero-order valence-electron chi connectivity index (χ0n) is 8.24. The van der Waals surface area contributed by atoms with Crippen LogP contribution in [0.2, 0.25) is 0 Å². The minimum atomic E-state index is -0.374. The van der Waals surface area contributed by atoms with Gasteiger partial charge in [-0.2, -0.15) is 0 Å². The Balaban J connectivity index is 2.16. The van der Waals surface area contributed by atoms with Crippen LogP contribution in [0.3, 0.4) is 0 Å². The molecule has 1 aromatic rings. The Morgan fingerprint density at radius 1 is 1.60 bits per heavy atom. The molecule has 80 valence electrons. The molecular formula is C10H10O4S. The largest absolute Gasteiger partial charge is 0.461 e. The maximum atomic E-state index is 11.6. The molecule has 1 aromatic heterocycles. The van der Waals surface area contributed by atoms with Gasteiger partial charge in [-0.15, -0.1) is 11.3 Å². The monoisotopic (exact) mass is 226 g/mol. The van der Waals surface area contributed by atoms with Crippen molar-refractivity contribution < 1.29 is 19.0 Å². The van der Waals surface area contributed by atoms with Crippen LogP contribution in [0.4, 0.5) is 0 Å². The first kappa shape index (κ1) is 10.0. The number of fused-ring (bicyclic) bond motifs is 1. The Kier molecular flexibility index (Phi) is 2.64. The number of hydrogen-bond donors (Lipinski definition) is 0. The number of carbonyl (C=O) groups is 1. The molecular weight excluding hydrogens is 216 g/mol. The maximum absolute atomic E-state index is 11.6. The second-order valence-corrected chi connectivity index (χ2v) is 3.85. The molecule has 0 N–H and O–H groups in total. The first-order valence-corrected chi connectivity index (χ1v) is 5.43. The van der Waals surface area contributed by atoms with Gasteiger partial charge in [0.2, 0.25) is 0 Å². The molecule has 0 fully saturated rings. The van der Waals surface area contributed by atoms with Gasteiger partial charge in [-0.25, -0.2) is 4.79 Å². The Labute approximate surface area is 91.1 Å². The number of ether oxygens (including phenoxy) is 3. The van der Waals surface area contributed by atoms with Crippen LogP contribution in [0.5, 0.6) is 11.5 Å². The number of esters is 1. The molecule has 0 bridgehead atoms. The Hall–Kier alpha value is -1.49. The van der Waals surface area contributed by atoms with E-state index in [1.807, 2.05) is 6.92 Å². The average molecular weight is 226 g/mol. The summed E-state index contributed by atoms with van der Waals surface area (Å²) < 4.78 is 15.3. The van der Waals surface area contributed by atoms with Crippen LogP contribution < -0.4 is 9.47 Å². The molecule has 1 aliphatic rings. The summed E-state index contributed by atoms with van der Waals surface area (Å²) >= 11 is 1.25. The Morgan fingerprint density at radius 3 is 3.13 bits per heavy atom. The molecule has 1 aliphatic heterocycles. The number of rotatable bonds is 3. The molecule has 0 aliphatic carbocycles. The summed E-state index contributed by atoms with van der Waals surface area (Å²) in [4.78, 5) is 12.0. The van der Waals surface area contributed by atoms with E-state index in [0.29, 0.717) is 23.0 Å². The van der Waals surface area contributed by atoms with Crippen LogP contribution in [-0.4, -0.2) is 12.6 Å². The summed E-state index contributed by atoms with van der Waals surface area (Å²) in [6.45, 7) is 5.86. The van der Waals surface area contributed by atoms with Crippen LogP contribution in [-0.2, 0) is 4.74 Å². The van der Waals surface area contributed by atoms with Crippen LogP contribution in [0.15, 0.2) is 17.9 Å². The third kappa shape index (κ3) is 1.83. The molecule has 0 saturated heterocycles. The van der Waals surface area contributed by atoms with E-state index in [-0.39, 0.29) is 11.9 Å². The molecule has 0 aromatic carbocycles. The normalized spacial score (nSPS) is 13.0. The van der Waals surface area contributed by atoms with E-state index < -0.39 is 0 Å². The number of carbonyl (C=O) groups excluding carboxylic acids is 1. The fourth-order valence-corrected chi connectivity index (χ4v) is 1.94. The highest BCUT2D eigenvalue weighted by molar-refractivity contribution is 7.12. The van der Waals surface area contributed by atoms with E-state index in [0.717, 1.165) is 6.42 Å². The highest BCUT2D eigenvalue weighted by Gasteiger charge is 2.28. The number of hydrogen-bond acceptors (Lipinski definition) is 5. The molecule has 0 unspecified atom stereocenters. The lowest BCUT2D eigenvalue weighted by atomic mass is 10.4. The molecule has 0 atom stereocenters. The third-order valence-corrected chi connectivity index (χ3v) is 2.70. The fraction of sp³-hybridized carbons (Fsp3) is 0.300. The topological polar surface area (TPSA) is 44.8 Å². The summed E-state index contributed by atoms with van der Waals surface area (Å²) in [6.07, 6.45) is 0.795. The van der Waals surface area contributed by atoms with Gasteiger partial charge in [0.15, 0.2) is 16.4 Å². The third-order valence-electron chi connectivity index (χ3n) is 1.78. The van der Waals surface area contributed by atoms with Crippen molar-refractivity contribution in [2.24, 2.45) is 0 Å². The van der Waals surface area contributed by atoms with Crippen molar-refractivity contribution in [2.75, 3.05) is 6.61 Å². The zero-order valence-corrected chi connectivity index (χ0v) is 9.06. The maximum Gasteiger partial charge on any atom is 0.352 e. The van der Waals surface area contributed by atoms with E-state index in [1.54, 1.807) is 5.38 Å². The summed E-state index contributed by atoms with van der Waals surface area (Å²) in [7, 11) is 0. The van der Waals surface area contributed by atoms with Crippen molar-refractivity contribution in [3.8, 4) is 11.5 Å². The van der Waals surface area contributed by atoms with Crippen molar-refractivity contribution in [3.05, 3.63) is 22.8 Å². The van der Waals surface area contributed by atoms with Crippen LogP contribution in [0, 0.1) is 0 Å². The van der Waals surface area contributed by atoms with Gasteiger partial charge < -0.3 is 14.2 Å². The van der Waals surface area contributed by atoms with Gasteiger partial charge in [0.25, 0.3) is 5.95 Å². The van der Waals surface area contributed by atoms with Crippen LogP contribution >= 0.6 is 11.3 Å². The lowest BCUT2D eigenvalue weighted by molar-refractivity contribution is 0.0508. The van der Waals surface area contributed by atoms with E-state index in [4.69, 9.17) is 14.2 Å². The summed E-state index contributed by atoms with van der Waals surface area (Å²) in [6, 6.07) is 0. The minimum absolute atomic E-state index is 0.192. The van der Waals surface area contributed by atoms with Gasteiger partial charge in [-0.3, -0.25) is 0 Å². The van der Waals surface area contributed by atoms with E-state index in [2.05, 4.69) is 6.58 Å².